The molecule has 2 aromatic rings. The summed E-state index contributed by atoms with van der Waals surface area (Å²) in [6.07, 6.45) is 4.05. The second-order valence-electron chi connectivity index (χ2n) is 4.52. The van der Waals surface area contributed by atoms with Gasteiger partial charge in [-0.2, -0.15) is 5.10 Å². The predicted molar refractivity (Wildman–Crippen MR) is 80.1 cm³/mol. The summed E-state index contributed by atoms with van der Waals surface area (Å²) in [6.45, 7) is 7.73. The molecule has 0 bridgehead atoms. The SMILES string of the molecule is CCN(Cc1cccs1)C(CN)c1cnn(CC)c1. The second-order valence-corrected chi connectivity index (χ2v) is 5.56. The van der Waals surface area contributed by atoms with Crippen LogP contribution in [0.4, 0.5) is 0 Å². The number of likely N-dealkylation sites (N-methyl/N-ethyl adjacent to an activating group) is 1. The molecule has 0 spiro atoms. The summed E-state index contributed by atoms with van der Waals surface area (Å²) in [5.41, 5.74) is 7.20. The lowest BCUT2D eigenvalue weighted by molar-refractivity contribution is 0.205. The van der Waals surface area contributed by atoms with Crippen molar-refractivity contribution in [2.75, 3.05) is 13.1 Å². The summed E-state index contributed by atoms with van der Waals surface area (Å²) >= 11 is 1.80. The lowest BCUT2D eigenvalue weighted by Crippen LogP contribution is -2.32. The van der Waals surface area contributed by atoms with Gasteiger partial charge >= 0.3 is 0 Å². The van der Waals surface area contributed by atoms with E-state index in [9.17, 15) is 0 Å². The minimum Gasteiger partial charge on any atom is -0.329 e. The zero-order valence-electron chi connectivity index (χ0n) is 11.6. The van der Waals surface area contributed by atoms with Crippen molar-refractivity contribution in [3.63, 3.8) is 0 Å². The van der Waals surface area contributed by atoms with E-state index >= 15 is 0 Å². The normalized spacial score (nSPS) is 13.1. The molecule has 1 atom stereocenters. The van der Waals surface area contributed by atoms with Crippen molar-refractivity contribution in [2.45, 2.75) is 33.0 Å². The summed E-state index contributed by atoms with van der Waals surface area (Å²) < 4.78 is 1.96. The Morgan fingerprint density at radius 3 is 2.84 bits per heavy atom. The first-order valence-corrected chi connectivity index (χ1v) is 7.65. The number of thiophene rings is 1. The number of rotatable bonds is 7. The van der Waals surface area contributed by atoms with Gasteiger partial charge in [-0.25, -0.2) is 0 Å². The van der Waals surface area contributed by atoms with E-state index < -0.39 is 0 Å². The maximum atomic E-state index is 5.99. The van der Waals surface area contributed by atoms with Crippen LogP contribution < -0.4 is 5.73 Å². The average Bonchev–Trinajstić information content (AvgIpc) is 3.09. The average molecular weight is 278 g/mol. The molecule has 0 aromatic carbocycles. The zero-order valence-corrected chi connectivity index (χ0v) is 12.4. The van der Waals surface area contributed by atoms with Crippen LogP contribution in [0.1, 0.15) is 30.3 Å². The third-order valence-corrected chi connectivity index (χ3v) is 4.23. The van der Waals surface area contributed by atoms with Gasteiger partial charge in [0.25, 0.3) is 0 Å². The van der Waals surface area contributed by atoms with Crippen molar-refractivity contribution in [3.05, 3.63) is 40.3 Å². The molecule has 0 aliphatic rings. The van der Waals surface area contributed by atoms with Crippen LogP contribution >= 0.6 is 11.3 Å². The highest BCUT2D eigenvalue weighted by molar-refractivity contribution is 7.09. The molecule has 0 radical (unpaired) electrons. The highest BCUT2D eigenvalue weighted by Gasteiger charge is 2.19. The number of nitrogens with two attached hydrogens (primary N) is 1. The fourth-order valence-electron chi connectivity index (χ4n) is 2.27. The smallest absolute Gasteiger partial charge is 0.0538 e. The van der Waals surface area contributed by atoms with E-state index in [-0.39, 0.29) is 6.04 Å². The van der Waals surface area contributed by atoms with Crippen LogP contribution in [0, 0.1) is 0 Å². The Hall–Kier alpha value is -1.17. The highest BCUT2D eigenvalue weighted by Crippen LogP contribution is 2.22. The summed E-state index contributed by atoms with van der Waals surface area (Å²) in [5, 5.41) is 6.48. The van der Waals surface area contributed by atoms with E-state index in [4.69, 9.17) is 5.73 Å². The Balaban J connectivity index is 2.13. The third kappa shape index (κ3) is 3.43. The van der Waals surface area contributed by atoms with E-state index in [1.807, 2.05) is 10.9 Å². The summed E-state index contributed by atoms with van der Waals surface area (Å²) in [6, 6.07) is 4.52. The molecule has 0 fully saturated rings. The van der Waals surface area contributed by atoms with Crippen molar-refractivity contribution < 1.29 is 0 Å². The molecule has 0 saturated carbocycles. The molecule has 2 heterocycles. The van der Waals surface area contributed by atoms with Gasteiger partial charge in [-0.3, -0.25) is 9.58 Å². The van der Waals surface area contributed by atoms with Gasteiger partial charge in [-0.05, 0) is 24.9 Å². The molecule has 1 unspecified atom stereocenters. The van der Waals surface area contributed by atoms with E-state index in [0.717, 1.165) is 19.6 Å². The molecule has 104 valence electrons. The lowest BCUT2D eigenvalue weighted by Gasteiger charge is -2.28. The van der Waals surface area contributed by atoms with Gasteiger partial charge in [0, 0.05) is 36.3 Å². The maximum absolute atomic E-state index is 5.99. The van der Waals surface area contributed by atoms with Crippen molar-refractivity contribution in [2.24, 2.45) is 5.73 Å². The number of aryl methyl sites for hydroxylation is 1. The fraction of sp³-hybridized carbons (Fsp3) is 0.500. The van der Waals surface area contributed by atoms with Gasteiger partial charge < -0.3 is 5.73 Å². The quantitative estimate of drug-likeness (QED) is 0.846. The first-order valence-electron chi connectivity index (χ1n) is 6.77. The van der Waals surface area contributed by atoms with Crippen molar-refractivity contribution in [3.8, 4) is 0 Å². The maximum Gasteiger partial charge on any atom is 0.0538 e. The van der Waals surface area contributed by atoms with Crippen molar-refractivity contribution in [1.29, 1.82) is 0 Å². The van der Waals surface area contributed by atoms with Gasteiger partial charge in [-0.1, -0.05) is 13.0 Å². The number of hydrogen-bond acceptors (Lipinski definition) is 4. The first-order chi connectivity index (χ1) is 9.28. The van der Waals surface area contributed by atoms with Gasteiger partial charge in [-0.15, -0.1) is 11.3 Å². The van der Waals surface area contributed by atoms with E-state index in [0.29, 0.717) is 6.54 Å². The van der Waals surface area contributed by atoms with Gasteiger partial charge in [0.15, 0.2) is 0 Å². The number of aromatic nitrogens is 2. The summed E-state index contributed by atoms with van der Waals surface area (Å²) in [7, 11) is 0. The van der Waals surface area contributed by atoms with Crippen LogP contribution in [-0.4, -0.2) is 27.8 Å². The Kier molecular flexibility index (Phi) is 5.13. The first kappa shape index (κ1) is 14.2. The van der Waals surface area contributed by atoms with E-state index in [1.165, 1.54) is 10.4 Å². The molecule has 2 N–H and O–H groups in total. The molecule has 2 aromatic heterocycles. The Morgan fingerprint density at radius 1 is 1.47 bits per heavy atom. The van der Waals surface area contributed by atoms with Crippen LogP contribution in [0.15, 0.2) is 29.9 Å². The zero-order chi connectivity index (χ0) is 13.7. The van der Waals surface area contributed by atoms with Gasteiger partial charge in [0.05, 0.1) is 12.2 Å². The molecular weight excluding hydrogens is 256 g/mol. The van der Waals surface area contributed by atoms with Crippen molar-refractivity contribution >= 4 is 11.3 Å². The Labute approximate surface area is 118 Å². The highest BCUT2D eigenvalue weighted by atomic mass is 32.1. The molecule has 2 rings (SSSR count). The third-order valence-electron chi connectivity index (χ3n) is 3.37. The molecule has 0 saturated heterocycles. The Bertz CT molecular complexity index is 477. The van der Waals surface area contributed by atoms with Crippen molar-refractivity contribution in [1.82, 2.24) is 14.7 Å². The predicted octanol–water partition coefficient (Wildman–Crippen LogP) is 2.49. The van der Waals surface area contributed by atoms with Crippen LogP contribution in [0.5, 0.6) is 0 Å². The van der Waals surface area contributed by atoms with Crippen LogP contribution in [-0.2, 0) is 13.1 Å². The molecule has 0 aliphatic heterocycles. The summed E-state index contributed by atoms with van der Waals surface area (Å²) in [4.78, 5) is 3.78. The lowest BCUT2D eigenvalue weighted by atomic mass is 10.1. The standard InChI is InChI=1S/C14H22N4S/c1-3-17(11-13-6-5-7-19-13)14(8-15)12-9-16-18(4-2)10-12/h5-7,9-10,14H,3-4,8,11,15H2,1-2H3. The molecule has 4 nitrogen and oxygen atoms in total. The van der Waals surface area contributed by atoms with Crippen LogP contribution in [0.3, 0.4) is 0 Å². The second kappa shape index (κ2) is 6.84. The Morgan fingerprint density at radius 2 is 2.32 bits per heavy atom. The number of hydrogen-bond donors (Lipinski definition) is 1. The molecule has 0 amide bonds. The largest absolute Gasteiger partial charge is 0.329 e. The summed E-state index contributed by atoms with van der Waals surface area (Å²) in [5.74, 6) is 0. The molecule has 5 heteroatoms. The van der Waals surface area contributed by atoms with E-state index in [2.05, 4.69) is 47.6 Å². The monoisotopic (exact) mass is 278 g/mol. The number of nitrogens with zero attached hydrogens (tertiary/aromatic N) is 3. The molecule has 0 aliphatic carbocycles. The fourth-order valence-corrected chi connectivity index (χ4v) is 3.00. The topological polar surface area (TPSA) is 47.1 Å². The minimum absolute atomic E-state index is 0.243. The minimum atomic E-state index is 0.243. The molecular formula is C14H22N4S. The van der Waals surface area contributed by atoms with Crippen LogP contribution in [0.25, 0.3) is 0 Å². The van der Waals surface area contributed by atoms with Gasteiger partial charge in [0.2, 0.25) is 0 Å². The van der Waals surface area contributed by atoms with Crippen LogP contribution in [0.2, 0.25) is 0 Å². The molecule has 19 heavy (non-hydrogen) atoms. The van der Waals surface area contributed by atoms with Gasteiger partial charge in [0.1, 0.15) is 0 Å². The van der Waals surface area contributed by atoms with E-state index in [1.54, 1.807) is 11.3 Å².